The van der Waals surface area contributed by atoms with Crippen molar-refractivity contribution in [1.82, 2.24) is 4.90 Å². The molecule has 1 heterocycles. The van der Waals surface area contributed by atoms with Crippen molar-refractivity contribution >= 4 is 5.97 Å². The van der Waals surface area contributed by atoms with Gasteiger partial charge in [0.25, 0.3) is 0 Å². The monoisotopic (exact) mass is 241 g/mol. The average molecular weight is 241 g/mol. The fourth-order valence-electron chi connectivity index (χ4n) is 2.66. The van der Waals surface area contributed by atoms with Crippen LogP contribution in [0.4, 0.5) is 0 Å². The largest absolute Gasteiger partial charge is 0.469 e. The zero-order valence-corrected chi connectivity index (χ0v) is 12.0. The van der Waals surface area contributed by atoms with Crippen molar-refractivity contribution in [3.63, 3.8) is 0 Å². The lowest BCUT2D eigenvalue weighted by Gasteiger charge is -2.40. The molecule has 1 aliphatic rings. The van der Waals surface area contributed by atoms with Crippen molar-refractivity contribution in [2.45, 2.75) is 53.0 Å². The van der Waals surface area contributed by atoms with Gasteiger partial charge in [-0.2, -0.15) is 0 Å². The fourth-order valence-corrected chi connectivity index (χ4v) is 2.66. The molecule has 0 aliphatic carbocycles. The molecule has 100 valence electrons. The van der Waals surface area contributed by atoms with Crippen LogP contribution in [0.25, 0.3) is 0 Å². The van der Waals surface area contributed by atoms with E-state index in [1.807, 2.05) is 0 Å². The van der Waals surface area contributed by atoms with E-state index in [1.54, 1.807) is 0 Å². The van der Waals surface area contributed by atoms with E-state index in [0.717, 1.165) is 19.0 Å². The molecule has 0 aromatic heterocycles. The number of methoxy groups -OCH3 is 1. The molecule has 0 spiro atoms. The maximum absolute atomic E-state index is 11.2. The Morgan fingerprint density at radius 2 is 1.88 bits per heavy atom. The molecule has 1 fully saturated rings. The Morgan fingerprint density at radius 1 is 1.35 bits per heavy atom. The van der Waals surface area contributed by atoms with Crippen LogP contribution in [0, 0.1) is 11.3 Å². The summed E-state index contributed by atoms with van der Waals surface area (Å²) in [6, 6.07) is 0.309. The lowest BCUT2D eigenvalue weighted by atomic mass is 9.75. The Labute approximate surface area is 106 Å². The van der Waals surface area contributed by atoms with Gasteiger partial charge in [-0.3, -0.25) is 4.79 Å². The van der Waals surface area contributed by atoms with Gasteiger partial charge in [0, 0.05) is 6.04 Å². The summed E-state index contributed by atoms with van der Waals surface area (Å²) in [6.07, 6.45) is 3.00. The second-order valence-electron chi connectivity index (χ2n) is 6.31. The first kappa shape index (κ1) is 14.5. The second-order valence-corrected chi connectivity index (χ2v) is 6.31. The normalized spacial score (nSPS) is 21.2. The Bertz CT molecular complexity index is 249. The quantitative estimate of drug-likeness (QED) is 0.712. The van der Waals surface area contributed by atoms with E-state index in [0.29, 0.717) is 17.9 Å². The molecule has 0 saturated carbocycles. The molecule has 0 bridgehead atoms. The molecule has 0 amide bonds. The number of esters is 1. The maximum atomic E-state index is 11.2. The highest BCUT2D eigenvalue weighted by Crippen LogP contribution is 2.34. The predicted octanol–water partition coefficient (Wildman–Crippen LogP) is 2.70. The lowest BCUT2D eigenvalue weighted by molar-refractivity contribution is -0.142. The van der Waals surface area contributed by atoms with Crippen LogP contribution in [-0.4, -0.2) is 37.1 Å². The highest BCUT2D eigenvalue weighted by atomic mass is 16.5. The van der Waals surface area contributed by atoms with Gasteiger partial charge in [-0.05, 0) is 44.2 Å². The minimum atomic E-state index is -0.101. The summed E-state index contributed by atoms with van der Waals surface area (Å²) in [4.78, 5) is 13.7. The van der Waals surface area contributed by atoms with Crippen LogP contribution in [0.5, 0.6) is 0 Å². The third-order valence-electron chi connectivity index (χ3n) is 4.07. The standard InChI is InChI=1S/C14H27NO2/c1-11(10-13(16)17-5)15-8-6-12(7-9-15)14(2,3)4/h11-12H,6-10H2,1-5H3. The zero-order valence-electron chi connectivity index (χ0n) is 12.0. The maximum Gasteiger partial charge on any atom is 0.307 e. The summed E-state index contributed by atoms with van der Waals surface area (Å²) in [7, 11) is 1.46. The predicted molar refractivity (Wildman–Crippen MR) is 69.8 cm³/mol. The van der Waals surface area contributed by atoms with Crippen molar-refractivity contribution in [3.05, 3.63) is 0 Å². The lowest BCUT2D eigenvalue weighted by Crippen LogP contribution is -2.43. The van der Waals surface area contributed by atoms with Gasteiger partial charge >= 0.3 is 5.97 Å². The summed E-state index contributed by atoms with van der Waals surface area (Å²) in [5.74, 6) is 0.708. The van der Waals surface area contributed by atoms with Crippen LogP contribution in [-0.2, 0) is 9.53 Å². The summed E-state index contributed by atoms with van der Waals surface area (Å²) >= 11 is 0. The molecule has 1 saturated heterocycles. The molecule has 0 radical (unpaired) electrons. The summed E-state index contributed by atoms with van der Waals surface area (Å²) in [6.45, 7) is 11.3. The van der Waals surface area contributed by atoms with Crippen molar-refractivity contribution in [2.24, 2.45) is 11.3 Å². The third-order valence-corrected chi connectivity index (χ3v) is 4.07. The van der Waals surface area contributed by atoms with Crippen LogP contribution < -0.4 is 0 Å². The van der Waals surface area contributed by atoms with Gasteiger partial charge in [0.2, 0.25) is 0 Å². The molecular weight excluding hydrogens is 214 g/mol. The molecule has 1 aliphatic heterocycles. The molecule has 1 unspecified atom stereocenters. The number of hydrogen-bond acceptors (Lipinski definition) is 3. The van der Waals surface area contributed by atoms with Gasteiger partial charge in [0.15, 0.2) is 0 Å². The number of carbonyl (C=O) groups is 1. The minimum Gasteiger partial charge on any atom is -0.469 e. The fraction of sp³-hybridized carbons (Fsp3) is 0.929. The molecule has 0 aromatic rings. The van der Waals surface area contributed by atoms with Crippen molar-refractivity contribution in [2.75, 3.05) is 20.2 Å². The second kappa shape index (κ2) is 5.85. The first-order valence-electron chi connectivity index (χ1n) is 6.65. The molecule has 0 N–H and O–H groups in total. The molecular formula is C14H27NO2. The Kier molecular flexibility index (Phi) is 4.99. The number of likely N-dealkylation sites (tertiary alicyclic amines) is 1. The van der Waals surface area contributed by atoms with E-state index in [-0.39, 0.29) is 5.97 Å². The minimum absolute atomic E-state index is 0.101. The number of carbonyl (C=O) groups excluding carboxylic acids is 1. The van der Waals surface area contributed by atoms with Crippen LogP contribution >= 0.6 is 0 Å². The van der Waals surface area contributed by atoms with Crippen LogP contribution in [0.2, 0.25) is 0 Å². The van der Waals surface area contributed by atoms with Crippen LogP contribution in [0.1, 0.15) is 47.0 Å². The summed E-state index contributed by atoms with van der Waals surface area (Å²) in [5, 5.41) is 0. The van der Waals surface area contributed by atoms with Crippen molar-refractivity contribution < 1.29 is 9.53 Å². The summed E-state index contributed by atoms with van der Waals surface area (Å²) in [5.41, 5.74) is 0.414. The van der Waals surface area contributed by atoms with Crippen molar-refractivity contribution in [1.29, 1.82) is 0 Å². The summed E-state index contributed by atoms with van der Waals surface area (Å²) < 4.78 is 4.72. The van der Waals surface area contributed by atoms with Gasteiger partial charge in [-0.1, -0.05) is 20.8 Å². The van der Waals surface area contributed by atoms with Gasteiger partial charge in [-0.25, -0.2) is 0 Å². The number of hydrogen-bond donors (Lipinski definition) is 0. The molecule has 1 atom stereocenters. The van der Waals surface area contributed by atoms with Gasteiger partial charge in [0.05, 0.1) is 13.5 Å². The smallest absolute Gasteiger partial charge is 0.307 e. The molecule has 3 heteroatoms. The van der Waals surface area contributed by atoms with Gasteiger partial charge < -0.3 is 9.64 Å². The SMILES string of the molecule is COC(=O)CC(C)N1CCC(C(C)(C)C)CC1. The Hall–Kier alpha value is -0.570. The molecule has 17 heavy (non-hydrogen) atoms. The zero-order chi connectivity index (χ0) is 13.1. The number of piperidine rings is 1. The van der Waals surface area contributed by atoms with Crippen LogP contribution in [0.15, 0.2) is 0 Å². The van der Waals surface area contributed by atoms with E-state index < -0.39 is 0 Å². The van der Waals surface area contributed by atoms with E-state index in [2.05, 4.69) is 32.6 Å². The molecule has 3 nitrogen and oxygen atoms in total. The van der Waals surface area contributed by atoms with Crippen LogP contribution in [0.3, 0.4) is 0 Å². The molecule has 0 aromatic carbocycles. The first-order chi connectivity index (χ1) is 7.84. The van der Waals surface area contributed by atoms with E-state index in [1.165, 1.54) is 20.0 Å². The highest BCUT2D eigenvalue weighted by molar-refractivity contribution is 5.69. The third kappa shape index (κ3) is 4.30. The van der Waals surface area contributed by atoms with E-state index in [4.69, 9.17) is 4.74 Å². The van der Waals surface area contributed by atoms with Gasteiger partial charge in [-0.15, -0.1) is 0 Å². The first-order valence-corrected chi connectivity index (χ1v) is 6.65. The Balaban J connectivity index is 2.39. The van der Waals surface area contributed by atoms with E-state index >= 15 is 0 Å². The van der Waals surface area contributed by atoms with Crippen molar-refractivity contribution in [3.8, 4) is 0 Å². The number of rotatable bonds is 3. The number of nitrogens with zero attached hydrogens (tertiary/aromatic N) is 1. The topological polar surface area (TPSA) is 29.5 Å². The highest BCUT2D eigenvalue weighted by Gasteiger charge is 2.30. The Morgan fingerprint density at radius 3 is 2.29 bits per heavy atom. The number of ether oxygens (including phenoxy) is 1. The molecule has 1 rings (SSSR count). The average Bonchev–Trinajstić information content (AvgIpc) is 2.27. The van der Waals surface area contributed by atoms with E-state index in [9.17, 15) is 4.79 Å². The van der Waals surface area contributed by atoms with Gasteiger partial charge in [0.1, 0.15) is 0 Å².